The van der Waals surface area contributed by atoms with Crippen LogP contribution in [0.2, 0.25) is 0 Å². The Kier molecular flexibility index (Phi) is 3.26. The van der Waals surface area contributed by atoms with Crippen molar-refractivity contribution in [2.24, 2.45) is 0 Å². The van der Waals surface area contributed by atoms with Gasteiger partial charge in [0.25, 0.3) is 0 Å². The largest absolute Gasteiger partial charge is 0.478 e. The summed E-state index contributed by atoms with van der Waals surface area (Å²) in [6.45, 7) is 3.17. The molecule has 1 atom stereocenters. The van der Waals surface area contributed by atoms with Crippen molar-refractivity contribution in [2.75, 3.05) is 0 Å². The number of carbonyl (C=O) groups is 2. The van der Waals surface area contributed by atoms with Crippen molar-refractivity contribution in [3.8, 4) is 0 Å². The van der Waals surface area contributed by atoms with Gasteiger partial charge < -0.3 is 15.9 Å². The standard InChI is InChI=1S/C6H9NO4/c1-3(5(8)9)2-4(7)6(10)11/h4H,1-2,7H2,(H,8,9)(H,10,11)/p+1/t4-/m1/s1. The fourth-order valence-electron chi connectivity index (χ4n) is 0.472. The average molecular weight is 160 g/mol. The van der Waals surface area contributed by atoms with Gasteiger partial charge in [-0.25, -0.2) is 9.59 Å². The van der Waals surface area contributed by atoms with Crippen molar-refractivity contribution in [1.29, 1.82) is 0 Å². The molecule has 0 unspecified atom stereocenters. The van der Waals surface area contributed by atoms with Crippen LogP contribution in [0.4, 0.5) is 0 Å². The normalized spacial score (nSPS) is 12.1. The molecule has 0 bridgehead atoms. The van der Waals surface area contributed by atoms with Gasteiger partial charge in [0.05, 0.1) is 0 Å². The summed E-state index contributed by atoms with van der Waals surface area (Å²) < 4.78 is 0. The summed E-state index contributed by atoms with van der Waals surface area (Å²) in [5, 5.41) is 16.6. The third kappa shape index (κ3) is 3.36. The Balaban J connectivity index is 3.95. The van der Waals surface area contributed by atoms with Crippen molar-refractivity contribution in [2.45, 2.75) is 12.5 Å². The summed E-state index contributed by atoms with van der Waals surface area (Å²) in [7, 11) is 0. The fraction of sp³-hybridized carbons (Fsp3) is 0.333. The molecule has 5 nitrogen and oxygen atoms in total. The molecular weight excluding hydrogens is 150 g/mol. The average Bonchev–Trinajstić information content (AvgIpc) is 1.87. The fourth-order valence-corrected chi connectivity index (χ4v) is 0.472. The quantitative estimate of drug-likeness (QED) is 0.445. The molecule has 62 valence electrons. The molecule has 11 heavy (non-hydrogen) atoms. The van der Waals surface area contributed by atoms with Crippen molar-refractivity contribution in [3.63, 3.8) is 0 Å². The first-order valence-corrected chi connectivity index (χ1v) is 2.92. The first-order chi connectivity index (χ1) is 4.95. The highest BCUT2D eigenvalue weighted by Gasteiger charge is 2.19. The van der Waals surface area contributed by atoms with E-state index >= 15 is 0 Å². The summed E-state index contributed by atoms with van der Waals surface area (Å²) in [6.07, 6.45) is -0.120. The first kappa shape index (κ1) is 9.64. The van der Waals surface area contributed by atoms with Crippen LogP contribution in [-0.4, -0.2) is 28.2 Å². The van der Waals surface area contributed by atoms with Gasteiger partial charge in [0.15, 0.2) is 6.04 Å². The second-order valence-electron chi connectivity index (χ2n) is 2.15. The van der Waals surface area contributed by atoms with E-state index in [1.807, 2.05) is 0 Å². The molecule has 5 heteroatoms. The summed E-state index contributed by atoms with van der Waals surface area (Å²) in [5.41, 5.74) is 3.10. The molecule has 0 aromatic rings. The van der Waals surface area contributed by atoms with E-state index in [4.69, 9.17) is 10.2 Å². The van der Waals surface area contributed by atoms with E-state index in [-0.39, 0.29) is 12.0 Å². The summed E-state index contributed by atoms with van der Waals surface area (Å²) in [6, 6.07) is -0.932. The molecule has 5 N–H and O–H groups in total. The lowest BCUT2D eigenvalue weighted by atomic mass is 10.1. The van der Waals surface area contributed by atoms with Crippen molar-refractivity contribution in [1.82, 2.24) is 0 Å². The molecule has 0 aromatic carbocycles. The van der Waals surface area contributed by atoms with E-state index in [0.29, 0.717) is 0 Å². The lowest BCUT2D eigenvalue weighted by Gasteiger charge is -2.01. The number of hydrogen-bond donors (Lipinski definition) is 3. The number of hydrogen-bond acceptors (Lipinski definition) is 2. The number of carboxylic acid groups (broad SMARTS) is 2. The van der Waals surface area contributed by atoms with Gasteiger partial charge >= 0.3 is 11.9 Å². The lowest BCUT2D eigenvalue weighted by Crippen LogP contribution is -2.65. The highest BCUT2D eigenvalue weighted by Crippen LogP contribution is 1.99. The van der Waals surface area contributed by atoms with Gasteiger partial charge in [-0.1, -0.05) is 6.58 Å². The minimum absolute atomic E-state index is 0.120. The van der Waals surface area contributed by atoms with Gasteiger partial charge in [-0.15, -0.1) is 0 Å². The number of aliphatic carboxylic acids is 2. The Bertz CT molecular complexity index is 199. The molecule has 0 aliphatic carbocycles. The molecule has 0 aliphatic heterocycles. The van der Waals surface area contributed by atoms with Crippen LogP contribution in [0, 0.1) is 0 Å². The Morgan fingerprint density at radius 3 is 2.18 bits per heavy atom. The lowest BCUT2D eigenvalue weighted by molar-refractivity contribution is -0.406. The highest BCUT2D eigenvalue weighted by molar-refractivity contribution is 5.87. The maximum atomic E-state index is 10.2. The zero-order valence-electron chi connectivity index (χ0n) is 5.91. The minimum atomic E-state index is -1.18. The van der Waals surface area contributed by atoms with E-state index in [9.17, 15) is 9.59 Å². The van der Waals surface area contributed by atoms with E-state index < -0.39 is 18.0 Å². The molecule has 0 aromatic heterocycles. The van der Waals surface area contributed by atoms with Gasteiger partial charge in [0.1, 0.15) is 0 Å². The monoisotopic (exact) mass is 160 g/mol. The highest BCUT2D eigenvalue weighted by atomic mass is 16.4. The molecule has 0 saturated carbocycles. The SMILES string of the molecule is C=C(C[C@@H]([NH3+])C(=O)O)C(=O)O. The van der Waals surface area contributed by atoms with Gasteiger partial charge in [-0.2, -0.15) is 0 Å². The second-order valence-corrected chi connectivity index (χ2v) is 2.15. The summed E-state index contributed by atoms with van der Waals surface area (Å²) in [4.78, 5) is 20.3. The zero-order valence-corrected chi connectivity index (χ0v) is 5.91. The Morgan fingerprint density at radius 2 is 1.91 bits per heavy atom. The molecule has 0 spiro atoms. The molecule has 0 heterocycles. The van der Waals surface area contributed by atoms with Crippen LogP contribution in [0.15, 0.2) is 12.2 Å². The van der Waals surface area contributed by atoms with Crippen LogP contribution in [0.25, 0.3) is 0 Å². The molecule has 0 saturated heterocycles. The van der Waals surface area contributed by atoms with Crippen LogP contribution in [0.5, 0.6) is 0 Å². The van der Waals surface area contributed by atoms with Crippen LogP contribution >= 0.6 is 0 Å². The maximum Gasteiger partial charge on any atom is 0.362 e. The third-order valence-electron chi connectivity index (χ3n) is 1.14. The third-order valence-corrected chi connectivity index (χ3v) is 1.14. The Hall–Kier alpha value is -1.36. The number of rotatable bonds is 4. The van der Waals surface area contributed by atoms with Crippen molar-refractivity contribution in [3.05, 3.63) is 12.2 Å². The van der Waals surface area contributed by atoms with Gasteiger partial charge in [0, 0.05) is 12.0 Å². The van der Waals surface area contributed by atoms with E-state index in [0.717, 1.165) is 0 Å². The van der Waals surface area contributed by atoms with Crippen LogP contribution in [0.3, 0.4) is 0 Å². The van der Waals surface area contributed by atoms with Crippen molar-refractivity contribution < 1.29 is 25.5 Å². The van der Waals surface area contributed by atoms with E-state index in [1.165, 1.54) is 0 Å². The topological polar surface area (TPSA) is 102 Å². The summed E-state index contributed by atoms with van der Waals surface area (Å²) >= 11 is 0. The smallest absolute Gasteiger partial charge is 0.362 e. The van der Waals surface area contributed by atoms with Gasteiger partial charge in [0.2, 0.25) is 0 Å². The van der Waals surface area contributed by atoms with Crippen LogP contribution < -0.4 is 5.73 Å². The molecule has 0 aliphatic rings. The molecule has 0 radical (unpaired) electrons. The zero-order chi connectivity index (χ0) is 9.02. The second kappa shape index (κ2) is 3.72. The number of quaternary nitrogens is 1. The van der Waals surface area contributed by atoms with Crippen molar-refractivity contribution >= 4 is 11.9 Å². The molecule has 0 amide bonds. The molecule has 0 fully saturated rings. The molecular formula is C6H10NO4+. The summed E-state index contributed by atoms with van der Waals surface area (Å²) in [5.74, 6) is -2.30. The van der Waals surface area contributed by atoms with Gasteiger partial charge in [-0.05, 0) is 0 Å². The maximum absolute atomic E-state index is 10.2. The first-order valence-electron chi connectivity index (χ1n) is 2.92. The predicted octanol–water partition coefficient (Wildman–Crippen LogP) is -1.29. The Labute approximate surface area is 63.1 Å². The van der Waals surface area contributed by atoms with Gasteiger partial charge in [-0.3, -0.25) is 0 Å². The number of carboxylic acids is 2. The predicted molar refractivity (Wildman–Crippen MR) is 35.7 cm³/mol. The Morgan fingerprint density at radius 1 is 1.45 bits per heavy atom. The van der Waals surface area contributed by atoms with E-state index in [1.54, 1.807) is 0 Å². The van der Waals surface area contributed by atoms with Crippen LogP contribution in [-0.2, 0) is 9.59 Å². The molecule has 0 rings (SSSR count). The van der Waals surface area contributed by atoms with E-state index in [2.05, 4.69) is 12.3 Å². The minimum Gasteiger partial charge on any atom is -0.478 e. The van der Waals surface area contributed by atoms with Crippen LogP contribution in [0.1, 0.15) is 6.42 Å².